The SMILES string of the molecule is C[C@H]1CCCCN1CCOc1ccc(NC(=O)C2(c3ccc(Cl)cc3Cl)CCCCC2)cc1. The summed E-state index contributed by atoms with van der Waals surface area (Å²) in [5.74, 6) is 0.824. The molecule has 0 spiro atoms. The molecule has 178 valence electrons. The number of hydrogen-bond donors (Lipinski definition) is 1. The Morgan fingerprint density at radius 1 is 1.06 bits per heavy atom. The molecule has 4 rings (SSSR count). The van der Waals surface area contributed by atoms with E-state index < -0.39 is 5.41 Å². The highest BCUT2D eigenvalue weighted by Crippen LogP contribution is 2.44. The van der Waals surface area contributed by atoms with E-state index in [-0.39, 0.29) is 5.91 Å². The number of carbonyl (C=O) groups excluding carboxylic acids is 1. The van der Waals surface area contributed by atoms with Gasteiger partial charge < -0.3 is 10.1 Å². The Labute approximate surface area is 207 Å². The molecule has 6 heteroatoms. The smallest absolute Gasteiger partial charge is 0.235 e. The summed E-state index contributed by atoms with van der Waals surface area (Å²) >= 11 is 12.7. The van der Waals surface area contributed by atoms with Gasteiger partial charge in [-0.2, -0.15) is 0 Å². The predicted octanol–water partition coefficient (Wildman–Crippen LogP) is 7.09. The van der Waals surface area contributed by atoms with Crippen LogP contribution in [0.3, 0.4) is 0 Å². The lowest BCUT2D eigenvalue weighted by molar-refractivity contribution is -0.122. The molecule has 1 aliphatic carbocycles. The number of anilines is 1. The molecule has 4 nitrogen and oxygen atoms in total. The molecule has 33 heavy (non-hydrogen) atoms. The van der Waals surface area contributed by atoms with Gasteiger partial charge >= 0.3 is 0 Å². The first kappa shape index (κ1) is 24.4. The fourth-order valence-corrected chi connectivity index (χ4v) is 5.90. The molecule has 1 N–H and O–H groups in total. The van der Waals surface area contributed by atoms with E-state index in [1.165, 1.54) is 19.3 Å². The molecule has 0 aromatic heterocycles. The maximum absolute atomic E-state index is 13.6. The van der Waals surface area contributed by atoms with Crippen LogP contribution in [0.2, 0.25) is 10.0 Å². The van der Waals surface area contributed by atoms with Crippen LogP contribution in [0, 0.1) is 0 Å². The van der Waals surface area contributed by atoms with Crippen LogP contribution in [0.15, 0.2) is 42.5 Å². The van der Waals surface area contributed by atoms with E-state index in [1.807, 2.05) is 36.4 Å². The number of carbonyl (C=O) groups is 1. The largest absolute Gasteiger partial charge is 0.492 e. The van der Waals surface area contributed by atoms with Crippen molar-refractivity contribution in [2.75, 3.05) is 25.0 Å². The highest BCUT2D eigenvalue weighted by molar-refractivity contribution is 6.35. The number of benzene rings is 2. The Morgan fingerprint density at radius 3 is 2.52 bits per heavy atom. The van der Waals surface area contributed by atoms with Gasteiger partial charge in [0.15, 0.2) is 0 Å². The fraction of sp³-hybridized carbons (Fsp3) is 0.519. The zero-order valence-corrected chi connectivity index (χ0v) is 20.9. The zero-order chi connectivity index (χ0) is 23.3. The average Bonchev–Trinajstić information content (AvgIpc) is 2.82. The van der Waals surface area contributed by atoms with Crippen molar-refractivity contribution in [3.05, 3.63) is 58.1 Å². The Bertz CT molecular complexity index is 942. The van der Waals surface area contributed by atoms with Crippen LogP contribution in [-0.2, 0) is 10.2 Å². The van der Waals surface area contributed by atoms with Gasteiger partial charge in [-0.05, 0) is 81.1 Å². The quantitative estimate of drug-likeness (QED) is 0.452. The average molecular weight is 489 g/mol. The number of halogens is 2. The van der Waals surface area contributed by atoms with Crippen LogP contribution in [0.25, 0.3) is 0 Å². The molecular formula is C27H34Cl2N2O2. The van der Waals surface area contributed by atoms with Gasteiger partial charge in [0.25, 0.3) is 0 Å². The Balaban J connectivity index is 1.39. The second kappa shape index (κ2) is 11.1. The van der Waals surface area contributed by atoms with E-state index in [4.69, 9.17) is 27.9 Å². The zero-order valence-electron chi connectivity index (χ0n) is 19.4. The summed E-state index contributed by atoms with van der Waals surface area (Å²) in [6.45, 7) is 5.08. The van der Waals surface area contributed by atoms with Crippen molar-refractivity contribution in [2.24, 2.45) is 0 Å². The number of amides is 1. The standard InChI is InChI=1S/C27H34Cl2N2O2/c1-20-7-3-6-16-31(20)17-18-33-23-11-9-22(10-12-23)30-26(32)27(14-4-2-5-15-27)24-13-8-21(28)19-25(24)29/h8-13,19-20H,2-7,14-18H2,1H3,(H,30,32)/t20-/m0/s1. The van der Waals surface area contributed by atoms with Crippen LogP contribution in [0.4, 0.5) is 5.69 Å². The molecule has 1 saturated carbocycles. The molecule has 1 amide bonds. The van der Waals surface area contributed by atoms with Gasteiger partial charge in [-0.1, -0.05) is 55.0 Å². The van der Waals surface area contributed by atoms with Gasteiger partial charge in [0.1, 0.15) is 12.4 Å². The summed E-state index contributed by atoms with van der Waals surface area (Å²) in [7, 11) is 0. The Kier molecular flexibility index (Phi) is 8.21. The number of ether oxygens (including phenoxy) is 1. The number of hydrogen-bond acceptors (Lipinski definition) is 3. The predicted molar refractivity (Wildman–Crippen MR) is 137 cm³/mol. The van der Waals surface area contributed by atoms with Gasteiger partial charge in [-0.15, -0.1) is 0 Å². The molecule has 1 aliphatic heterocycles. The summed E-state index contributed by atoms with van der Waals surface area (Å²) < 4.78 is 5.97. The van der Waals surface area contributed by atoms with E-state index in [0.717, 1.165) is 62.2 Å². The minimum Gasteiger partial charge on any atom is -0.492 e. The third kappa shape index (κ3) is 5.85. The van der Waals surface area contributed by atoms with E-state index in [1.54, 1.807) is 6.07 Å². The lowest BCUT2D eigenvalue weighted by Gasteiger charge is -2.37. The summed E-state index contributed by atoms with van der Waals surface area (Å²) in [6, 6.07) is 13.8. The molecule has 0 unspecified atom stereocenters. The Hall–Kier alpha value is -1.75. The third-order valence-corrected chi connectivity index (χ3v) is 7.84. The van der Waals surface area contributed by atoms with Gasteiger partial charge in [-0.3, -0.25) is 9.69 Å². The van der Waals surface area contributed by atoms with Gasteiger partial charge in [0, 0.05) is 28.3 Å². The molecule has 2 aliphatic rings. The van der Waals surface area contributed by atoms with Crippen LogP contribution >= 0.6 is 23.2 Å². The molecule has 1 heterocycles. The maximum atomic E-state index is 13.6. The second-order valence-electron chi connectivity index (χ2n) is 9.47. The van der Waals surface area contributed by atoms with Crippen molar-refractivity contribution < 1.29 is 9.53 Å². The van der Waals surface area contributed by atoms with Crippen LogP contribution < -0.4 is 10.1 Å². The number of rotatable bonds is 7. The molecular weight excluding hydrogens is 455 g/mol. The summed E-state index contributed by atoms with van der Waals surface area (Å²) in [5.41, 5.74) is 1.02. The van der Waals surface area contributed by atoms with Crippen molar-refractivity contribution in [1.82, 2.24) is 4.90 Å². The first-order chi connectivity index (χ1) is 16.0. The highest BCUT2D eigenvalue weighted by Gasteiger charge is 2.42. The lowest BCUT2D eigenvalue weighted by atomic mass is 9.68. The van der Waals surface area contributed by atoms with E-state index >= 15 is 0 Å². The molecule has 2 fully saturated rings. The third-order valence-electron chi connectivity index (χ3n) is 7.29. The molecule has 0 bridgehead atoms. The highest BCUT2D eigenvalue weighted by atomic mass is 35.5. The summed E-state index contributed by atoms with van der Waals surface area (Å²) in [4.78, 5) is 16.1. The monoisotopic (exact) mass is 488 g/mol. The topological polar surface area (TPSA) is 41.6 Å². The van der Waals surface area contributed by atoms with Gasteiger partial charge in [0.05, 0.1) is 5.41 Å². The van der Waals surface area contributed by atoms with Gasteiger partial charge in [0.2, 0.25) is 5.91 Å². The van der Waals surface area contributed by atoms with Crippen molar-refractivity contribution in [2.45, 2.75) is 69.7 Å². The van der Waals surface area contributed by atoms with Crippen LogP contribution in [-0.4, -0.2) is 36.5 Å². The van der Waals surface area contributed by atoms with E-state index in [2.05, 4.69) is 17.1 Å². The van der Waals surface area contributed by atoms with E-state index in [9.17, 15) is 4.79 Å². The van der Waals surface area contributed by atoms with Crippen molar-refractivity contribution in [3.8, 4) is 5.75 Å². The minimum absolute atomic E-state index is 0.000762. The lowest BCUT2D eigenvalue weighted by Crippen LogP contribution is -2.42. The fourth-order valence-electron chi connectivity index (χ4n) is 5.31. The molecule has 1 saturated heterocycles. The van der Waals surface area contributed by atoms with Crippen molar-refractivity contribution in [1.29, 1.82) is 0 Å². The van der Waals surface area contributed by atoms with Crippen molar-refractivity contribution >= 4 is 34.8 Å². The number of piperidine rings is 1. The number of likely N-dealkylation sites (tertiary alicyclic amines) is 1. The molecule has 0 radical (unpaired) electrons. The number of nitrogens with zero attached hydrogens (tertiary/aromatic N) is 1. The first-order valence-electron chi connectivity index (χ1n) is 12.2. The normalized spacial score (nSPS) is 20.9. The van der Waals surface area contributed by atoms with E-state index in [0.29, 0.717) is 22.7 Å². The maximum Gasteiger partial charge on any atom is 0.235 e. The molecule has 2 aromatic carbocycles. The molecule has 2 aromatic rings. The summed E-state index contributed by atoms with van der Waals surface area (Å²) in [5, 5.41) is 4.28. The summed E-state index contributed by atoms with van der Waals surface area (Å²) in [6.07, 6.45) is 8.62. The number of nitrogens with one attached hydrogen (secondary N) is 1. The first-order valence-corrected chi connectivity index (χ1v) is 13.0. The Morgan fingerprint density at radius 2 is 1.82 bits per heavy atom. The molecule has 1 atom stereocenters. The minimum atomic E-state index is -0.625. The van der Waals surface area contributed by atoms with Crippen LogP contribution in [0.1, 0.15) is 63.9 Å². The van der Waals surface area contributed by atoms with Gasteiger partial charge in [-0.25, -0.2) is 0 Å². The second-order valence-corrected chi connectivity index (χ2v) is 10.3. The van der Waals surface area contributed by atoms with Crippen molar-refractivity contribution in [3.63, 3.8) is 0 Å². The van der Waals surface area contributed by atoms with Crippen LogP contribution in [0.5, 0.6) is 5.75 Å².